The fourth-order valence-electron chi connectivity index (χ4n) is 1.71. The zero-order chi connectivity index (χ0) is 13.5. The predicted molar refractivity (Wildman–Crippen MR) is 66.1 cm³/mol. The number of ether oxygens (including phenoxy) is 1. The Balaban J connectivity index is 2.55. The van der Waals surface area contributed by atoms with Crippen molar-refractivity contribution in [3.63, 3.8) is 0 Å². The van der Waals surface area contributed by atoms with Gasteiger partial charge in [-0.25, -0.2) is 9.18 Å². The van der Waals surface area contributed by atoms with Gasteiger partial charge in [-0.2, -0.15) is 9.78 Å². The van der Waals surface area contributed by atoms with E-state index < -0.39 is 17.5 Å². The summed E-state index contributed by atoms with van der Waals surface area (Å²) in [5, 5.41) is 4.65. The third-order valence-corrected chi connectivity index (χ3v) is 2.40. The van der Waals surface area contributed by atoms with Crippen molar-refractivity contribution >= 4 is 17.0 Å². The van der Waals surface area contributed by atoms with Crippen LogP contribution in [0.4, 0.5) is 9.18 Å². The van der Waals surface area contributed by atoms with Gasteiger partial charge < -0.3 is 4.74 Å². The summed E-state index contributed by atoms with van der Waals surface area (Å²) in [7, 11) is 0. The summed E-state index contributed by atoms with van der Waals surface area (Å²) in [4.78, 5) is 12.0. The number of carbonyl (C=O) groups is 1. The molecule has 0 bridgehead atoms. The summed E-state index contributed by atoms with van der Waals surface area (Å²) in [6.07, 6.45) is -0.675. The Morgan fingerprint density at radius 1 is 1.39 bits per heavy atom. The molecule has 0 saturated carbocycles. The van der Waals surface area contributed by atoms with Gasteiger partial charge in [-0.1, -0.05) is 12.1 Å². The lowest BCUT2D eigenvalue weighted by molar-refractivity contribution is 0.0521. The lowest BCUT2D eigenvalue weighted by Gasteiger charge is -2.19. The molecule has 18 heavy (non-hydrogen) atoms. The molecule has 0 aliphatic rings. The molecule has 0 aliphatic carbocycles. The number of nitrogens with zero attached hydrogens (tertiary/aromatic N) is 2. The Bertz CT molecular complexity index is 611. The number of hydrogen-bond donors (Lipinski definition) is 0. The van der Waals surface area contributed by atoms with Crippen molar-refractivity contribution in [3.05, 3.63) is 29.7 Å². The molecule has 0 aliphatic heterocycles. The number of para-hydroxylation sites is 1. The van der Waals surface area contributed by atoms with Crippen LogP contribution in [-0.4, -0.2) is 21.5 Å². The number of carbonyl (C=O) groups excluding carboxylic acids is 1. The maximum absolute atomic E-state index is 13.8. The number of rotatable bonds is 0. The third-order valence-electron chi connectivity index (χ3n) is 2.40. The molecular weight excluding hydrogens is 235 g/mol. The van der Waals surface area contributed by atoms with Gasteiger partial charge in [0.15, 0.2) is 0 Å². The summed E-state index contributed by atoms with van der Waals surface area (Å²) in [5.41, 5.74) is 0.105. The first-order valence-electron chi connectivity index (χ1n) is 5.67. The average molecular weight is 250 g/mol. The summed E-state index contributed by atoms with van der Waals surface area (Å²) in [6, 6.07) is 4.61. The van der Waals surface area contributed by atoms with Gasteiger partial charge in [0, 0.05) is 5.39 Å². The van der Waals surface area contributed by atoms with Crippen LogP contribution in [-0.2, 0) is 4.74 Å². The van der Waals surface area contributed by atoms with Crippen LogP contribution in [0.3, 0.4) is 0 Å². The van der Waals surface area contributed by atoms with E-state index in [9.17, 15) is 9.18 Å². The van der Waals surface area contributed by atoms with Gasteiger partial charge in [0.25, 0.3) is 0 Å². The molecule has 1 aromatic heterocycles. The minimum absolute atomic E-state index is 0.157. The standard InChI is InChI=1S/C13H15FN2O2/c1-8-9-6-5-7-10(14)11(9)16(15-8)12(17)18-13(2,3)4/h5-7H,1-4H3. The summed E-state index contributed by atoms with van der Waals surface area (Å²) in [6.45, 7) is 6.97. The molecule has 0 radical (unpaired) electrons. The van der Waals surface area contributed by atoms with Gasteiger partial charge in [-0.15, -0.1) is 0 Å². The first-order chi connectivity index (χ1) is 8.29. The van der Waals surface area contributed by atoms with Crippen LogP contribution in [0.1, 0.15) is 26.5 Å². The molecule has 0 saturated heterocycles. The molecule has 0 amide bonds. The Morgan fingerprint density at radius 3 is 2.67 bits per heavy atom. The number of halogens is 1. The Hall–Kier alpha value is -1.91. The molecule has 2 rings (SSSR count). The molecule has 0 spiro atoms. The van der Waals surface area contributed by atoms with E-state index in [1.807, 2.05) is 0 Å². The number of aryl methyl sites for hydroxylation is 1. The Kier molecular flexibility index (Phi) is 2.84. The molecule has 1 aromatic carbocycles. The second kappa shape index (κ2) is 4.08. The van der Waals surface area contributed by atoms with Gasteiger partial charge in [0.2, 0.25) is 0 Å². The van der Waals surface area contributed by atoms with Gasteiger partial charge in [-0.05, 0) is 33.8 Å². The molecular formula is C13H15FN2O2. The van der Waals surface area contributed by atoms with E-state index in [1.54, 1.807) is 39.8 Å². The van der Waals surface area contributed by atoms with E-state index in [0.717, 1.165) is 4.68 Å². The topological polar surface area (TPSA) is 44.1 Å². The van der Waals surface area contributed by atoms with E-state index >= 15 is 0 Å². The second-order valence-corrected chi connectivity index (χ2v) is 5.11. The smallest absolute Gasteiger partial charge is 0.435 e. The van der Waals surface area contributed by atoms with Crippen molar-refractivity contribution < 1.29 is 13.9 Å². The fraction of sp³-hybridized carbons (Fsp3) is 0.385. The van der Waals surface area contributed by atoms with Crippen molar-refractivity contribution in [3.8, 4) is 0 Å². The largest absolute Gasteiger partial charge is 0.442 e. The molecule has 5 heteroatoms. The SMILES string of the molecule is Cc1nn(C(=O)OC(C)(C)C)c2c(F)cccc12. The van der Waals surface area contributed by atoms with Crippen molar-refractivity contribution in [2.75, 3.05) is 0 Å². The first kappa shape index (κ1) is 12.5. The Morgan fingerprint density at radius 2 is 2.06 bits per heavy atom. The quantitative estimate of drug-likeness (QED) is 0.720. The van der Waals surface area contributed by atoms with Crippen LogP contribution < -0.4 is 0 Å². The van der Waals surface area contributed by atoms with Crippen molar-refractivity contribution in [2.24, 2.45) is 0 Å². The lowest BCUT2D eigenvalue weighted by atomic mass is 10.2. The molecule has 1 heterocycles. The minimum Gasteiger partial charge on any atom is -0.442 e. The molecule has 0 fully saturated rings. The van der Waals surface area contributed by atoms with Gasteiger partial charge in [-0.3, -0.25) is 0 Å². The normalized spacial score (nSPS) is 11.8. The number of benzene rings is 1. The van der Waals surface area contributed by atoms with Gasteiger partial charge >= 0.3 is 6.09 Å². The second-order valence-electron chi connectivity index (χ2n) is 5.11. The highest BCUT2D eigenvalue weighted by Crippen LogP contribution is 2.22. The predicted octanol–water partition coefficient (Wildman–Crippen LogP) is 3.27. The highest BCUT2D eigenvalue weighted by Gasteiger charge is 2.22. The molecule has 2 aromatic rings. The van der Waals surface area contributed by atoms with Gasteiger partial charge in [0.05, 0.1) is 5.69 Å². The summed E-state index contributed by atoms with van der Waals surface area (Å²) >= 11 is 0. The molecule has 0 atom stereocenters. The number of aromatic nitrogens is 2. The van der Waals surface area contributed by atoms with Crippen molar-refractivity contribution in [2.45, 2.75) is 33.3 Å². The summed E-state index contributed by atoms with van der Waals surface area (Å²) < 4.78 is 20.0. The number of fused-ring (bicyclic) bond motifs is 1. The monoisotopic (exact) mass is 250 g/mol. The third kappa shape index (κ3) is 2.20. The van der Waals surface area contributed by atoms with E-state index in [4.69, 9.17) is 4.74 Å². The van der Waals surface area contributed by atoms with Crippen molar-refractivity contribution in [1.82, 2.24) is 9.78 Å². The first-order valence-corrected chi connectivity index (χ1v) is 5.67. The van der Waals surface area contributed by atoms with Crippen LogP contribution in [0.5, 0.6) is 0 Å². The maximum Gasteiger partial charge on any atom is 0.435 e. The van der Waals surface area contributed by atoms with Gasteiger partial charge in [0.1, 0.15) is 16.9 Å². The van der Waals surface area contributed by atoms with E-state index in [-0.39, 0.29) is 5.52 Å². The highest BCUT2D eigenvalue weighted by molar-refractivity contribution is 5.90. The average Bonchev–Trinajstić information content (AvgIpc) is 2.56. The van der Waals surface area contributed by atoms with E-state index in [2.05, 4.69) is 5.10 Å². The van der Waals surface area contributed by atoms with Crippen LogP contribution in [0.15, 0.2) is 18.2 Å². The fourth-order valence-corrected chi connectivity index (χ4v) is 1.71. The minimum atomic E-state index is -0.675. The van der Waals surface area contributed by atoms with Crippen LogP contribution in [0.25, 0.3) is 10.9 Å². The van der Waals surface area contributed by atoms with Crippen LogP contribution >= 0.6 is 0 Å². The number of hydrogen-bond acceptors (Lipinski definition) is 3. The molecule has 0 unspecified atom stereocenters. The molecule has 0 N–H and O–H groups in total. The van der Waals surface area contributed by atoms with E-state index in [0.29, 0.717) is 11.1 Å². The lowest BCUT2D eigenvalue weighted by Crippen LogP contribution is -2.27. The maximum atomic E-state index is 13.8. The zero-order valence-corrected chi connectivity index (χ0v) is 10.8. The zero-order valence-electron chi connectivity index (χ0n) is 10.8. The Labute approximate surface area is 104 Å². The van der Waals surface area contributed by atoms with E-state index in [1.165, 1.54) is 6.07 Å². The van der Waals surface area contributed by atoms with Crippen molar-refractivity contribution in [1.29, 1.82) is 0 Å². The summed E-state index contributed by atoms with van der Waals surface area (Å²) in [5.74, 6) is -0.487. The van der Waals surface area contributed by atoms with Crippen LogP contribution in [0, 0.1) is 12.7 Å². The van der Waals surface area contributed by atoms with Crippen LogP contribution in [0.2, 0.25) is 0 Å². The molecule has 4 nitrogen and oxygen atoms in total. The molecule has 96 valence electrons. The highest BCUT2D eigenvalue weighted by atomic mass is 19.1.